The van der Waals surface area contributed by atoms with Gasteiger partial charge in [0.15, 0.2) is 0 Å². The van der Waals surface area contributed by atoms with Crippen LogP contribution in [0.25, 0.3) is 0 Å². The summed E-state index contributed by atoms with van der Waals surface area (Å²) in [7, 11) is 0. The summed E-state index contributed by atoms with van der Waals surface area (Å²) in [6.07, 6.45) is 1.16. The molecule has 0 aliphatic carbocycles. The second-order valence-corrected chi connectivity index (χ2v) is 2.02. The van der Waals surface area contributed by atoms with E-state index in [-0.39, 0.29) is 36.0 Å². The van der Waals surface area contributed by atoms with Crippen LogP contribution in [0.4, 0.5) is 0 Å². The van der Waals surface area contributed by atoms with Crippen LogP contribution in [0.5, 0.6) is 0 Å². The Morgan fingerprint density at radius 1 is 1.58 bits per heavy atom. The van der Waals surface area contributed by atoms with E-state index in [9.17, 15) is 14.4 Å². The maximum Gasteiger partial charge on any atom is 1.00 e. The molecule has 0 saturated carbocycles. The first-order valence-electron chi connectivity index (χ1n) is 3.00. The summed E-state index contributed by atoms with van der Waals surface area (Å²) >= 11 is 0. The first kappa shape index (κ1) is 11.5. The molecule has 1 fully saturated rings. The molecule has 1 heterocycles. The predicted octanol–water partition coefficient (Wildman–Crippen LogP) is -3.57. The van der Waals surface area contributed by atoms with Crippen molar-refractivity contribution < 1.29 is 48.8 Å². The van der Waals surface area contributed by atoms with Crippen molar-refractivity contribution in [3.8, 4) is 0 Å². The van der Waals surface area contributed by atoms with E-state index in [2.05, 4.69) is 4.84 Å². The molecule has 1 rings (SSSR count). The van der Waals surface area contributed by atoms with Crippen LogP contribution in [0.2, 0.25) is 0 Å². The number of hydroxylamine groups is 2. The fourth-order valence-corrected chi connectivity index (χ4v) is 0.688. The standard InChI is InChI=1S/C6H6NO4.Na/c1-4(8)11-7-5(9)2-3-6(7)10;/h2H,3H2,1H3;/q-1;+1. The van der Waals surface area contributed by atoms with Gasteiger partial charge in [0, 0.05) is 6.92 Å². The summed E-state index contributed by atoms with van der Waals surface area (Å²) in [5, 5.41) is 0.461. The molecule has 0 aromatic heterocycles. The third-order valence-electron chi connectivity index (χ3n) is 1.10. The van der Waals surface area contributed by atoms with Gasteiger partial charge in [0.2, 0.25) is 5.91 Å². The zero-order chi connectivity index (χ0) is 8.43. The van der Waals surface area contributed by atoms with Crippen LogP contribution in [-0.2, 0) is 19.2 Å². The van der Waals surface area contributed by atoms with Gasteiger partial charge in [-0.15, -0.1) is 5.06 Å². The Bertz CT molecular complexity index is 212. The van der Waals surface area contributed by atoms with Crippen LogP contribution in [0.1, 0.15) is 13.3 Å². The van der Waals surface area contributed by atoms with Crippen molar-refractivity contribution in [1.29, 1.82) is 0 Å². The number of hydrogen-bond acceptors (Lipinski definition) is 4. The van der Waals surface area contributed by atoms with E-state index in [1.165, 1.54) is 0 Å². The topological polar surface area (TPSA) is 63.7 Å². The fraction of sp³-hybridized carbons (Fsp3) is 0.333. The zero-order valence-electron chi connectivity index (χ0n) is 6.86. The van der Waals surface area contributed by atoms with Crippen molar-refractivity contribution in [2.24, 2.45) is 0 Å². The van der Waals surface area contributed by atoms with E-state index in [1.807, 2.05) is 0 Å². The van der Waals surface area contributed by atoms with Gasteiger partial charge >= 0.3 is 35.5 Å². The summed E-state index contributed by atoms with van der Waals surface area (Å²) in [6, 6.07) is 0. The number of nitrogens with zero attached hydrogens (tertiary/aromatic N) is 1. The van der Waals surface area contributed by atoms with Crippen LogP contribution in [0, 0.1) is 6.42 Å². The summed E-state index contributed by atoms with van der Waals surface area (Å²) in [6.45, 7) is 1.12. The Labute approximate surface area is 91.3 Å². The number of amides is 2. The zero-order valence-corrected chi connectivity index (χ0v) is 8.86. The van der Waals surface area contributed by atoms with Gasteiger partial charge in [0.05, 0.1) is 0 Å². The molecule has 5 nitrogen and oxygen atoms in total. The van der Waals surface area contributed by atoms with Gasteiger partial charge < -0.3 is 9.63 Å². The van der Waals surface area contributed by atoms with Crippen LogP contribution < -0.4 is 29.6 Å². The van der Waals surface area contributed by atoms with Gasteiger partial charge in [-0.25, -0.2) is 4.79 Å². The van der Waals surface area contributed by atoms with Gasteiger partial charge in [-0.3, -0.25) is 11.2 Å². The molecule has 0 atom stereocenters. The molecule has 0 aromatic rings. The molecule has 0 radical (unpaired) electrons. The SMILES string of the molecule is CC(=O)ON1C(=O)[CH-]CC1=O.[Na+]. The summed E-state index contributed by atoms with van der Waals surface area (Å²) in [5.74, 6) is -1.77. The Balaban J connectivity index is 0.00000121. The minimum atomic E-state index is -0.679. The maximum atomic E-state index is 10.7. The van der Waals surface area contributed by atoms with Crippen LogP contribution >= 0.6 is 0 Å². The van der Waals surface area contributed by atoms with Gasteiger partial charge in [0.1, 0.15) is 5.91 Å². The number of carbonyl (C=O) groups is 3. The number of rotatable bonds is 1. The van der Waals surface area contributed by atoms with Crippen molar-refractivity contribution in [3.63, 3.8) is 0 Å². The second kappa shape index (κ2) is 4.49. The smallest absolute Gasteiger partial charge is 0.333 e. The van der Waals surface area contributed by atoms with E-state index in [0.717, 1.165) is 13.3 Å². The molecule has 6 heteroatoms. The Hall–Kier alpha value is -0.520. The molecule has 1 aliphatic heterocycles. The van der Waals surface area contributed by atoms with Crippen LogP contribution in [0.15, 0.2) is 0 Å². The molecule has 12 heavy (non-hydrogen) atoms. The van der Waals surface area contributed by atoms with E-state index in [0.29, 0.717) is 5.06 Å². The monoisotopic (exact) mass is 179 g/mol. The number of carbonyl (C=O) groups excluding carboxylic acids is 3. The predicted molar refractivity (Wildman–Crippen MR) is 32.5 cm³/mol. The van der Waals surface area contributed by atoms with E-state index >= 15 is 0 Å². The molecule has 0 spiro atoms. The number of imide groups is 1. The normalized spacial score (nSPS) is 15.2. The number of hydrogen-bond donors (Lipinski definition) is 0. The Morgan fingerprint density at radius 2 is 2.17 bits per heavy atom. The summed E-state index contributed by atoms with van der Waals surface area (Å²) in [5.41, 5.74) is 0. The van der Waals surface area contributed by atoms with E-state index in [4.69, 9.17) is 0 Å². The molecule has 2 amide bonds. The fourth-order valence-electron chi connectivity index (χ4n) is 0.688. The quantitative estimate of drug-likeness (QED) is 0.237. The van der Waals surface area contributed by atoms with Crippen molar-refractivity contribution in [3.05, 3.63) is 6.42 Å². The Morgan fingerprint density at radius 3 is 2.50 bits per heavy atom. The third kappa shape index (κ3) is 2.51. The molecule has 1 aliphatic rings. The molecule has 0 N–H and O–H groups in total. The molecule has 0 aromatic carbocycles. The van der Waals surface area contributed by atoms with Gasteiger partial charge in [-0.1, -0.05) is 6.42 Å². The van der Waals surface area contributed by atoms with Crippen molar-refractivity contribution in [2.45, 2.75) is 13.3 Å². The molecule has 60 valence electrons. The first-order chi connectivity index (χ1) is 5.11. The van der Waals surface area contributed by atoms with E-state index < -0.39 is 17.8 Å². The third-order valence-corrected chi connectivity index (χ3v) is 1.10. The van der Waals surface area contributed by atoms with Crippen molar-refractivity contribution in [1.82, 2.24) is 5.06 Å². The Kier molecular flexibility index (Phi) is 4.30. The molecule has 0 bridgehead atoms. The van der Waals surface area contributed by atoms with Gasteiger partial charge in [0.25, 0.3) is 0 Å². The minimum absolute atomic E-state index is 0. The maximum absolute atomic E-state index is 10.7. The van der Waals surface area contributed by atoms with Gasteiger partial charge in [-0.05, 0) is 0 Å². The van der Waals surface area contributed by atoms with E-state index in [1.54, 1.807) is 0 Å². The van der Waals surface area contributed by atoms with Crippen molar-refractivity contribution >= 4 is 17.8 Å². The molecule has 1 saturated heterocycles. The minimum Gasteiger partial charge on any atom is -0.333 e. The average molecular weight is 179 g/mol. The second-order valence-electron chi connectivity index (χ2n) is 2.02. The largest absolute Gasteiger partial charge is 1.00 e. The first-order valence-corrected chi connectivity index (χ1v) is 3.00. The van der Waals surface area contributed by atoms with Crippen LogP contribution in [-0.4, -0.2) is 22.8 Å². The van der Waals surface area contributed by atoms with Gasteiger partial charge in [-0.2, -0.15) is 0 Å². The van der Waals surface area contributed by atoms with Crippen molar-refractivity contribution in [2.75, 3.05) is 0 Å². The van der Waals surface area contributed by atoms with Crippen LogP contribution in [0.3, 0.4) is 0 Å². The average Bonchev–Trinajstić information content (AvgIpc) is 2.18. The molecular formula is C6H6NNaO4. The molecular weight excluding hydrogens is 173 g/mol. The summed E-state index contributed by atoms with van der Waals surface area (Å²) < 4.78 is 0. The molecule has 0 unspecified atom stereocenters. The summed E-state index contributed by atoms with van der Waals surface area (Å²) in [4.78, 5) is 36.0.